The molecule has 1 aliphatic carbocycles. The average Bonchev–Trinajstić information content (AvgIpc) is 3.47. The molecule has 30 heavy (non-hydrogen) atoms. The standard InChI is InChI=1S/C23H31N5O2/c1-24-23(26-15-21-25-14-20(30-21)17-8-4-2-5-9-17)27-19-12-13-28(16-19)22(29)18-10-6-3-7-11-18/h2,4-5,8-9,14,18-19H,3,6-7,10-13,15-16H2,1H3,(H2,24,26,27). The van der Waals surface area contributed by atoms with Crippen molar-refractivity contribution in [1.29, 1.82) is 0 Å². The van der Waals surface area contributed by atoms with Gasteiger partial charge in [0.05, 0.1) is 12.7 Å². The molecule has 2 heterocycles. The molecule has 2 fully saturated rings. The van der Waals surface area contributed by atoms with E-state index < -0.39 is 0 Å². The Balaban J connectivity index is 1.25. The number of guanidine groups is 1. The van der Waals surface area contributed by atoms with E-state index in [4.69, 9.17) is 4.42 Å². The molecule has 0 radical (unpaired) electrons. The Kier molecular flexibility index (Phi) is 6.67. The number of oxazole rings is 1. The number of nitrogens with one attached hydrogen (secondary N) is 2. The van der Waals surface area contributed by atoms with Gasteiger partial charge < -0.3 is 20.0 Å². The maximum Gasteiger partial charge on any atom is 0.225 e. The van der Waals surface area contributed by atoms with Crippen LogP contribution in [0.2, 0.25) is 0 Å². The fourth-order valence-corrected chi connectivity index (χ4v) is 4.36. The molecule has 1 amide bonds. The van der Waals surface area contributed by atoms with Crippen LogP contribution in [0.15, 0.2) is 45.9 Å². The van der Waals surface area contributed by atoms with Gasteiger partial charge in [-0.3, -0.25) is 9.79 Å². The highest BCUT2D eigenvalue weighted by atomic mass is 16.4. The number of amides is 1. The Morgan fingerprint density at radius 3 is 2.77 bits per heavy atom. The van der Waals surface area contributed by atoms with Crippen LogP contribution in [0, 0.1) is 5.92 Å². The van der Waals surface area contributed by atoms with Crippen LogP contribution < -0.4 is 10.6 Å². The predicted octanol–water partition coefficient (Wildman–Crippen LogP) is 3.19. The van der Waals surface area contributed by atoms with Crippen LogP contribution in [0.3, 0.4) is 0 Å². The van der Waals surface area contributed by atoms with E-state index in [2.05, 4.69) is 20.6 Å². The summed E-state index contributed by atoms with van der Waals surface area (Å²) in [5.41, 5.74) is 1.01. The summed E-state index contributed by atoms with van der Waals surface area (Å²) in [7, 11) is 1.75. The molecule has 2 N–H and O–H groups in total. The Hall–Kier alpha value is -2.83. The molecule has 0 spiro atoms. The van der Waals surface area contributed by atoms with E-state index in [-0.39, 0.29) is 12.0 Å². The van der Waals surface area contributed by atoms with Crippen LogP contribution in [-0.2, 0) is 11.3 Å². The minimum Gasteiger partial charge on any atom is -0.439 e. The number of aromatic nitrogens is 1. The fourth-order valence-electron chi connectivity index (χ4n) is 4.36. The van der Waals surface area contributed by atoms with Gasteiger partial charge in [0.2, 0.25) is 11.8 Å². The van der Waals surface area contributed by atoms with Crippen LogP contribution in [0.4, 0.5) is 0 Å². The molecule has 1 aromatic carbocycles. The number of carbonyl (C=O) groups is 1. The van der Waals surface area contributed by atoms with Gasteiger partial charge in [-0.1, -0.05) is 49.6 Å². The molecule has 1 aliphatic heterocycles. The molecular formula is C23H31N5O2. The lowest BCUT2D eigenvalue weighted by atomic mass is 9.88. The second-order valence-corrected chi connectivity index (χ2v) is 8.16. The maximum absolute atomic E-state index is 12.8. The molecule has 1 aromatic heterocycles. The summed E-state index contributed by atoms with van der Waals surface area (Å²) >= 11 is 0. The molecule has 1 atom stereocenters. The molecule has 2 aromatic rings. The van der Waals surface area contributed by atoms with Crippen molar-refractivity contribution in [2.45, 2.75) is 51.1 Å². The summed E-state index contributed by atoms with van der Waals surface area (Å²) < 4.78 is 5.84. The van der Waals surface area contributed by atoms with Gasteiger partial charge in [-0.2, -0.15) is 0 Å². The Bertz CT molecular complexity index is 857. The van der Waals surface area contributed by atoms with Gasteiger partial charge in [0.25, 0.3) is 0 Å². The number of rotatable bonds is 5. The number of carbonyl (C=O) groups excluding carboxylic acids is 1. The van der Waals surface area contributed by atoms with Gasteiger partial charge in [-0.05, 0) is 19.3 Å². The minimum atomic E-state index is 0.216. The summed E-state index contributed by atoms with van der Waals surface area (Å²) in [5, 5.41) is 6.70. The highest BCUT2D eigenvalue weighted by molar-refractivity contribution is 5.81. The molecule has 4 rings (SSSR count). The van der Waals surface area contributed by atoms with Crippen LogP contribution in [-0.4, -0.2) is 47.9 Å². The summed E-state index contributed by atoms with van der Waals surface area (Å²) in [6.07, 6.45) is 8.44. The van der Waals surface area contributed by atoms with E-state index in [1.54, 1.807) is 13.2 Å². The second kappa shape index (κ2) is 9.78. The van der Waals surface area contributed by atoms with Crippen molar-refractivity contribution >= 4 is 11.9 Å². The first-order valence-corrected chi connectivity index (χ1v) is 11.0. The van der Waals surface area contributed by atoms with Gasteiger partial charge >= 0.3 is 0 Å². The lowest BCUT2D eigenvalue weighted by molar-refractivity contribution is -0.135. The van der Waals surface area contributed by atoms with Crippen molar-refractivity contribution in [2.24, 2.45) is 10.9 Å². The first-order chi connectivity index (χ1) is 14.7. The van der Waals surface area contributed by atoms with Crippen LogP contribution in [0.1, 0.15) is 44.4 Å². The number of nitrogens with zero attached hydrogens (tertiary/aromatic N) is 3. The van der Waals surface area contributed by atoms with E-state index in [1.165, 1.54) is 19.3 Å². The monoisotopic (exact) mass is 409 g/mol. The van der Waals surface area contributed by atoms with Crippen LogP contribution >= 0.6 is 0 Å². The molecule has 160 valence electrons. The summed E-state index contributed by atoms with van der Waals surface area (Å²) in [4.78, 5) is 23.5. The number of hydrogen-bond acceptors (Lipinski definition) is 4. The quantitative estimate of drug-likeness (QED) is 0.585. The highest BCUT2D eigenvalue weighted by Crippen LogP contribution is 2.26. The smallest absolute Gasteiger partial charge is 0.225 e. The third-order valence-electron chi connectivity index (χ3n) is 6.04. The summed E-state index contributed by atoms with van der Waals surface area (Å²) in [6, 6.07) is 10.1. The predicted molar refractivity (Wildman–Crippen MR) is 117 cm³/mol. The minimum absolute atomic E-state index is 0.216. The molecule has 2 aliphatic rings. The van der Waals surface area contributed by atoms with Crippen LogP contribution in [0.5, 0.6) is 0 Å². The first kappa shape index (κ1) is 20.4. The molecule has 1 saturated heterocycles. The van der Waals surface area contributed by atoms with E-state index in [0.717, 1.165) is 43.7 Å². The van der Waals surface area contributed by atoms with Gasteiger partial charge in [0, 0.05) is 37.7 Å². The molecule has 1 unspecified atom stereocenters. The Morgan fingerprint density at radius 1 is 1.20 bits per heavy atom. The lowest BCUT2D eigenvalue weighted by Gasteiger charge is -2.26. The van der Waals surface area contributed by atoms with Crippen molar-refractivity contribution in [3.63, 3.8) is 0 Å². The van der Waals surface area contributed by atoms with Crippen LogP contribution in [0.25, 0.3) is 11.3 Å². The zero-order valence-corrected chi connectivity index (χ0v) is 17.6. The third-order valence-corrected chi connectivity index (χ3v) is 6.04. The topological polar surface area (TPSA) is 82.8 Å². The molecule has 7 nitrogen and oxygen atoms in total. The SMILES string of the molecule is CN=C(NCc1ncc(-c2ccccc2)o1)NC1CCN(C(=O)C2CCCCC2)C1. The third kappa shape index (κ3) is 5.01. The number of hydrogen-bond donors (Lipinski definition) is 2. The zero-order valence-electron chi connectivity index (χ0n) is 17.6. The lowest BCUT2D eigenvalue weighted by Crippen LogP contribution is -2.45. The summed E-state index contributed by atoms with van der Waals surface area (Å²) in [5.74, 6) is 2.64. The zero-order chi connectivity index (χ0) is 20.8. The Morgan fingerprint density at radius 2 is 2.00 bits per heavy atom. The van der Waals surface area contributed by atoms with E-state index >= 15 is 0 Å². The normalized spacial score (nSPS) is 20.4. The van der Waals surface area contributed by atoms with Crippen molar-refractivity contribution in [3.8, 4) is 11.3 Å². The molecule has 1 saturated carbocycles. The Labute approximate surface area is 178 Å². The average molecular weight is 410 g/mol. The van der Waals surface area contributed by atoms with Gasteiger partial charge in [-0.15, -0.1) is 0 Å². The van der Waals surface area contributed by atoms with Crippen molar-refractivity contribution in [1.82, 2.24) is 20.5 Å². The van der Waals surface area contributed by atoms with Gasteiger partial charge in [-0.25, -0.2) is 4.98 Å². The van der Waals surface area contributed by atoms with E-state index in [9.17, 15) is 4.79 Å². The maximum atomic E-state index is 12.8. The number of aliphatic imine (C=N–C) groups is 1. The second-order valence-electron chi connectivity index (χ2n) is 8.16. The van der Waals surface area contributed by atoms with Gasteiger partial charge in [0.1, 0.15) is 0 Å². The molecular weight excluding hydrogens is 378 g/mol. The van der Waals surface area contributed by atoms with Crippen molar-refractivity contribution in [2.75, 3.05) is 20.1 Å². The van der Waals surface area contributed by atoms with Crippen molar-refractivity contribution < 1.29 is 9.21 Å². The number of benzene rings is 1. The molecule has 0 bridgehead atoms. The fraction of sp³-hybridized carbons (Fsp3) is 0.522. The molecule has 7 heteroatoms. The largest absolute Gasteiger partial charge is 0.439 e. The highest BCUT2D eigenvalue weighted by Gasteiger charge is 2.31. The van der Waals surface area contributed by atoms with E-state index in [1.807, 2.05) is 35.2 Å². The van der Waals surface area contributed by atoms with Crippen molar-refractivity contribution in [3.05, 3.63) is 42.4 Å². The van der Waals surface area contributed by atoms with Gasteiger partial charge in [0.15, 0.2) is 11.7 Å². The van der Waals surface area contributed by atoms with E-state index in [0.29, 0.717) is 24.3 Å². The first-order valence-electron chi connectivity index (χ1n) is 11.0. The summed E-state index contributed by atoms with van der Waals surface area (Å²) in [6.45, 7) is 2.02. The number of likely N-dealkylation sites (tertiary alicyclic amines) is 1.